The van der Waals surface area contributed by atoms with Crippen LogP contribution < -0.4 is 0 Å². The van der Waals surface area contributed by atoms with E-state index in [1.165, 1.54) is 82.0 Å². The fraction of sp³-hybridized carbons (Fsp3) is 0.125. The standard InChI is InChI=1S/C56H40N2OS/c1-3-15-34(16-4-1)36-19-13-20-37(29-36)53-41-23-7-10-25-46(41)57-55(53)45-30-38(35-17-5-2-6-18-35)31-50-54(45)42-24-14-27-48(56(42)59-50)58-47-26-11-8-21-39(47)43-33-52-44(32-49(43)58)40-22-9-12-28-51(40)60-52/h1-26,28-30,33,38,44,48,53H,27,31-32H2/t38?,44?,48?,53-/m0/s1. The van der Waals surface area contributed by atoms with Crippen molar-refractivity contribution in [1.82, 2.24) is 4.57 Å². The Hall–Kier alpha value is -6.62. The number of aliphatic imine (C=N–C) groups is 1. The van der Waals surface area contributed by atoms with Crippen LogP contribution >= 0.6 is 11.8 Å². The smallest absolute Gasteiger partial charge is 0.135 e. The molecule has 0 saturated heterocycles. The van der Waals surface area contributed by atoms with E-state index in [0.717, 1.165) is 42.2 Å². The lowest BCUT2D eigenvalue weighted by Gasteiger charge is -2.27. The lowest BCUT2D eigenvalue weighted by Crippen LogP contribution is -2.19. The van der Waals surface area contributed by atoms with Gasteiger partial charge in [0.25, 0.3) is 0 Å². The molecule has 2 aromatic heterocycles. The minimum Gasteiger partial charge on any atom is -0.462 e. The summed E-state index contributed by atoms with van der Waals surface area (Å²) in [4.78, 5) is 8.44. The molecule has 0 saturated carbocycles. The molecule has 0 N–H and O–H groups in total. The van der Waals surface area contributed by atoms with E-state index >= 15 is 0 Å². The molecule has 3 nitrogen and oxygen atoms in total. The van der Waals surface area contributed by atoms with E-state index in [-0.39, 0.29) is 17.9 Å². The second-order valence-corrected chi connectivity index (χ2v) is 17.9. The van der Waals surface area contributed by atoms with E-state index in [2.05, 4.69) is 187 Å². The van der Waals surface area contributed by atoms with Gasteiger partial charge in [0.05, 0.1) is 23.4 Å². The predicted molar refractivity (Wildman–Crippen MR) is 247 cm³/mol. The van der Waals surface area contributed by atoms with Gasteiger partial charge in [0.1, 0.15) is 11.5 Å². The first-order valence-corrected chi connectivity index (χ1v) is 22.1. The van der Waals surface area contributed by atoms with E-state index in [1.807, 2.05) is 11.8 Å². The molecule has 2 aliphatic heterocycles. The fourth-order valence-corrected chi connectivity index (χ4v) is 12.2. The Morgan fingerprint density at radius 3 is 2.32 bits per heavy atom. The summed E-state index contributed by atoms with van der Waals surface area (Å²) >= 11 is 1.95. The van der Waals surface area contributed by atoms with Crippen LogP contribution in [0.5, 0.6) is 0 Å². The number of thioether (sulfide) groups is 1. The van der Waals surface area contributed by atoms with Crippen LogP contribution in [0, 0.1) is 0 Å². The Labute approximate surface area is 354 Å². The number of fused-ring (bicyclic) bond motifs is 10. The average Bonchev–Trinajstić information content (AvgIpc) is 4.07. The number of furan rings is 1. The molecule has 3 aliphatic carbocycles. The highest BCUT2D eigenvalue weighted by Gasteiger charge is 2.41. The molecule has 8 aromatic rings. The Balaban J connectivity index is 0.985. The monoisotopic (exact) mass is 788 g/mol. The van der Waals surface area contributed by atoms with Gasteiger partial charge in [0.2, 0.25) is 0 Å². The molecular weight excluding hydrogens is 749 g/mol. The van der Waals surface area contributed by atoms with Crippen LogP contribution in [0.4, 0.5) is 5.69 Å². The quantitative estimate of drug-likeness (QED) is 0.174. The third-order valence-electron chi connectivity index (χ3n) is 13.5. The van der Waals surface area contributed by atoms with Gasteiger partial charge in [-0.25, -0.2) is 0 Å². The third-order valence-corrected chi connectivity index (χ3v) is 14.8. The molecule has 4 heteroatoms. The number of benzene rings is 6. The second-order valence-electron chi connectivity index (χ2n) is 16.8. The van der Waals surface area contributed by atoms with E-state index in [4.69, 9.17) is 9.41 Å². The summed E-state index contributed by atoms with van der Waals surface area (Å²) in [5.41, 5.74) is 17.5. The molecule has 0 fully saturated rings. The molecule has 60 heavy (non-hydrogen) atoms. The molecule has 0 radical (unpaired) electrons. The molecule has 3 unspecified atom stereocenters. The van der Waals surface area contributed by atoms with Crippen LogP contribution in [0.2, 0.25) is 0 Å². The highest BCUT2D eigenvalue weighted by Crippen LogP contribution is 2.56. The van der Waals surface area contributed by atoms with Gasteiger partial charge in [-0.15, -0.1) is 0 Å². The van der Waals surface area contributed by atoms with Crippen molar-refractivity contribution < 1.29 is 4.42 Å². The van der Waals surface area contributed by atoms with Gasteiger partial charge in [-0.3, -0.25) is 4.99 Å². The molecule has 0 spiro atoms. The summed E-state index contributed by atoms with van der Waals surface area (Å²) in [6.07, 6.45) is 12.4. The first kappa shape index (κ1) is 34.3. The van der Waals surface area contributed by atoms with Crippen molar-refractivity contribution in [1.29, 1.82) is 0 Å². The SMILES string of the molecule is C1=Cc2c(oc3c2C(C2=Nc4ccccc4[C@@H]2c2cccc(-c4ccccc4)c2)=CC(c2ccccc2)C3)C(n2c3c(c4ccccc42)C=C2Sc4ccccc4C2C3)C1. The van der Waals surface area contributed by atoms with Crippen molar-refractivity contribution >= 4 is 51.8 Å². The third kappa shape index (κ3) is 5.20. The van der Waals surface area contributed by atoms with Gasteiger partial charge in [-0.05, 0) is 75.4 Å². The van der Waals surface area contributed by atoms with Crippen molar-refractivity contribution in [3.63, 3.8) is 0 Å². The molecule has 6 aromatic carbocycles. The van der Waals surface area contributed by atoms with Crippen molar-refractivity contribution in [2.24, 2.45) is 4.99 Å². The lowest BCUT2D eigenvalue weighted by molar-refractivity contribution is 0.397. The Morgan fingerprint density at radius 1 is 0.667 bits per heavy atom. The first-order chi connectivity index (χ1) is 29.7. The number of hydrogen-bond acceptors (Lipinski definition) is 3. The van der Waals surface area contributed by atoms with E-state index in [1.54, 1.807) is 0 Å². The lowest BCUT2D eigenvalue weighted by atomic mass is 9.76. The zero-order chi connectivity index (χ0) is 39.3. The van der Waals surface area contributed by atoms with Crippen LogP contribution in [0.25, 0.3) is 39.8 Å². The highest BCUT2D eigenvalue weighted by molar-refractivity contribution is 8.03. The molecule has 4 heterocycles. The minimum atomic E-state index is -0.0269. The molecule has 4 atom stereocenters. The van der Waals surface area contributed by atoms with Crippen molar-refractivity contribution in [3.05, 3.63) is 231 Å². The molecule has 5 aliphatic rings. The Kier molecular flexibility index (Phi) is 7.68. The van der Waals surface area contributed by atoms with E-state index < -0.39 is 0 Å². The number of para-hydroxylation sites is 2. The molecule has 286 valence electrons. The van der Waals surface area contributed by atoms with Crippen molar-refractivity contribution in [2.45, 2.75) is 48.0 Å². The van der Waals surface area contributed by atoms with Crippen LogP contribution in [0.1, 0.15) is 86.4 Å². The van der Waals surface area contributed by atoms with Crippen LogP contribution in [-0.2, 0) is 12.8 Å². The maximum absolute atomic E-state index is 7.40. The summed E-state index contributed by atoms with van der Waals surface area (Å²) in [6, 6.07) is 57.5. The predicted octanol–water partition coefficient (Wildman–Crippen LogP) is 14.3. The molecule has 13 rings (SSSR count). The maximum atomic E-state index is 7.40. The van der Waals surface area contributed by atoms with Crippen LogP contribution in [0.15, 0.2) is 189 Å². The van der Waals surface area contributed by atoms with E-state index in [0.29, 0.717) is 5.92 Å². The summed E-state index contributed by atoms with van der Waals surface area (Å²) < 4.78 is 10.0. The zero-order valence-corrected chi connectivity index (χ0v) is 33.8. The van der Waals surface area contributed by atoms with Gasteiger partial charge >= 0.3 is 0 Å². The molecular formula is C56H40N2OS. The van der Waals surface area contributed by atoms with Gasteiger partial charge in [-0.1, -0.05) is 170 Å². The van der Waals surface area contributed by atoms with E-state index in [9.17, 15) is 0 Å². The Bertz CT molecular complexity index is 3180. The van der Waals surface area contributed by atoms with Gasteiger partial charge < -0.3 is 8.98 Å². The minimum absolute atomic E-state index is 0.0269. The summed E-state index contributed by atoms with van der Waals surface area (Å²) in [6.45, 7) is 0. The highest BCUT2D eigenvalue weighted by atomic mass is 32.2. The molecule has 0 amide bonds. The fourth-order valence-electron chi connectivity index (χ4n) is 10.9. The molecule has 0 bridgehead atoms. The van der Waals surface area contributed by atoms with Gasteiger partial charge in [0.15, 0.2) is 0 Å². The number of nitrogens with zero attached hydrogens (tertiary/aromatic N) is 2. The maximum Gasteiger partial charge on any atom is 0.135 e. The summed E-state index contributed by atoms with van der Waals surface area (Å²) in [5, 5.41) is 1.32. The number of hydrogen-bond donors (Lipinski definition) is 0. The number of allylic oxidation sites excluding steroid dienone is 4. The topological polar surface area (TPSA) is 30.4 Å². The summed E-state index contributed by atoms with van der Waals surface area (Å²) in [5.74, 6) is 2.63. The Morgan fingerprint density at radius 2 is 1.42 bits per heavy atom. The average molecular weight is 789 g/mol. The number of aromatic nitrogens is 1. The van der Waals surface area contributed by atoms with Crippen LogP contribution in [0.3, 0.4) is 0 Å². The zero-order valence-electron chi connectivity index (χ0n) is 33.0. The van der Waals surface area contributed by atoms with Crippen molar-refractivity contribution in [2.75, 3.05) is 0 Å². The van der Waals surface area contributed by atoms with Gasteiger partial charge in [0, 0.05) is 62.0 Å². The van der Waals surface area contributed by atoms with Crippen LogP contribution in [-0.4, -0.2) is 10.3 Å². The number of rotatable bonds is 5. The van der Waals surface area contributed by atoms with Gasteiger partial charge in [-0.2, -0.15) is 0 Å². The largest absolute Gasteiger partial charge is 0.462 e. The second kappa shape index (κ2) is 13.5. The normalized spacial score (nSPS) is 20.6. The first-order valence-electron chi connectivity index (χ1n) is 21.3. The van der Waals surface area contributed by atoms with Crippen molar-refractivity contribution in [3.8, 4) is 11.1 Å². The summed E-state index contributed by atoms with van der Waals surface area (Å²) in [7, 11) is 0.